The van der Waals surface area contributed by atoms with Crippen molar-refractivity contribution in [3.8, 4) is 0 Å². The van der Waals surface area contributed by atoms with Crippen molar-refractivity contribution in [2.24, 2.45) is 0 Å². The lowest BCUT2D eigenvalue weighted by Gasteiger charge is -2.33. The third kappa shape index (κ3) is 3.71. The lowest BCUT2D eigenvalue weighted by Crippen LogP contribution is -2.61. The highest BCUT2D eigenvalue weighted by atomic mass is 32.2. The molecule has 1 aromatic rings. The maximum atomic E-state index is 12.0. The van der Waals surface area contributed by atoms with Crippen LogP contribution in [0.1, 0.15) is 31.2 Å². The summed E-state index contributed by atoms with van der Waals surface area (Å²) < 4.78 is 33.8. The van der Waals surface area contributed by atoms with Crippen LogP contribution in [0.3, 0.4) is 0 Å². The van der Waals surface area contributed by atoms with Crippen LogP contribution in [0, 0.1) is 0 Å². The molecule has 12 nitrogen and oxygen atoms in total. The molecule has 4 amide bonds. The van der Waals surface area contributed by atoms with Crippen molar-refractivity contribution in [3.05, 3.63) is 29.8 Å². The van der Waals surface area contributed by atoms with Crippen LogP contribution in [-0.2, 0) is 40.5 Å². The number of hydrogen-bond donors (Lipinski definition) is 3. The molecular formula is C18H18N2O10S. The van der Waals surface area contributed by atoms with Gasteiger partial charge in [-0.1, -0.05) is 12.1 Å². The minimum atomic E-state index is -5.43. The number of aliphatic carboxylic acids is 1. The quantitative estimate of drug-likeness (QED) is 0.343. The van der Waals surface area contributed by atoms with Gasteiger partial charge in [0.15, 0.2) is 0 Å². The Morgan fingerprint density at radius 3 is 2.00 bits per heavy atom. The summed E-state index contributed by atoms with van der Waals surface area (Å²) in [6.07, 6.45) is -3.64. The highest BCUT2D eigenvalue weighted by Crippen LogP contribution is 2.34. The molecule has 0 radical (unpaired) electrons. The van der Waals surface area contributed by atoms with Crippen LogP contribution in [0.15, 0.2) is 24.3 Å². The first kappa shape index (κ1) is 22.5. The van der Waals surface area contributed by atoms with E-state index in [1.54, 1.807) is 0 Å². The summed E-state index contributed by atoms with van der Waals surface area (Å²) in [7, 11) is -5.43. The van der Waals surface area contributed by atoms with Crippen LogP contribution in [-0.4, -0.2) is 68.7 Å². The molecule has 3 N–H and O–H groups in total. The number of anilines is 1. The Kier molecular flexibility index (Phi) is 5.69. The van der Waals surface area contributed by atoms with Gasteiger partial charge in [0.2, 0.25) is 17.7 Å². The third-order valence-corrected chi connectivity index (χ3v) is 6.66. The van der Waals surface area contributed by atoms with E-state index < -0.39 is 57.1 Å². The summed E-state index contributed by atoms with van der Waals surface area (Å²) in [5.41, 5.74) is 0.497. The van der Waals surface area contributed by atoms with Crippen molar-refractivity contribution in [3.63, 3.8) is 0 Å². The fourth-order valence-electron chi connectivity index (χ4n) is 3.66. The number of nitrogens with zero attached hydrogens (tertiary/aromatic N) is 2. The van der Waals surface area contributed by atoms with Crippen LogP contribution in [0.25, 0.3) is 0 Å². The van der Waals surface area contributed by atoms with E-state index in [2.05, 4.69) is 0 Å². The average molecular weight is 454 g/mol. The van der Waals surface area contributed by atoms with Gasteiger partial charge in [0.05, 0.1) is 12.1 Å². The van der Waals surface area contributed by atoms with Crippen molar-refractivity contribution >= 4 is 45.4 Å². The zero-order chi connectivity index (χ0) is 23.1. The van der Waals surface area contributed by atoms with Crippen LogP contribution < -0.4 is 4.90 Å². The number of benzene rings is 1. The number of aryl methyl sites for hydroxylation is 1. The average Bonchev–Trinajstić information content (AvgIpc) is 3.13. The fraction of sp³-hybridized carbons (Fsp3) is 0.389. The SMILES string of the molecule is O=C1CC(O)C(=O)N1c1ccc(CCC(C(=O)O)(N2C(=O)CCC2=O)S(=O)(=O)O)cc1. The van der Waals surface area contributed by atoms with Crippen LogP contribution in [0.5, 0.6) is 0 Å². The molecule has 2 heterocycles. The van der Waals surface area contributed by atoms with Crippen molar-refractivity contribution < 1.29 is 47.2 Å². The van der Waals surface area contributed by atoms with Gasteiger partial charge in [0.1, 0.15) is 6.10 Å². The van der Waals surface area contributed by atoms with E-state index in [1.165, 1.54) is 24.3 Å². The second-order valence-corrected chi connectivity index (χ2v) is 8.77. The molecule has 2 saturated heterocycles. The zero-order valence-electron chi connectivity index (χ0n) is 15.9. The van der Waals surface area contributed by atoms with E-state index in [0.29, 0.717) is 5.56 Å². The number of carboxylic acids is 1. The molecule has 2 aliphatic rings. The smallest absolute Gasteiger partial charge is 0.348 e. The topological polar surface area (TPSA) is 187 Å². The number of aliphatic hydroxyl groups excluding tert-OH is 1. The molecule has 0 spiro atoms. The van der Waals surface area contributed by atoms with Gasteiger partial charge in [-0.15, -0.1) is 0 Å². The van der Waals surface area contributed by atoms with E-state index in [1.807, 2.05) is 0 Å². The second-order valence-electron chi connectivity index (χ2n) is 7.14. The first-order chi connectivity index (χ1) is 14.4. The molecule has 13 heteroatoms. The van der Waals surface area contributed by atoms with Crippen LogP contribution >= 0.6 is 0 Å². The molecule has 3 rings (SSSR count). The Hall–Kier alpha value is -3.16. The maximum Gasteiger partial charge on any atom is 0.348 e. The number of hydrogen-bond acceptors (Lipinski definition) is 8. The molecule has 2 unspecified atom stereocenters. The number of carbonyl (C=O) groups excluding carboxylic acids is 4. The van der Waals surface area contributed by atoms with Gasteiger partial charge in [0.25, 0.3) is 10.8 Å². The predicted octanol–water partition coefficient (Wildman–Crippen LogP) is -0.939. The molecular weight excluding hydrogens is 436 g/mol. The molecule has 2 atom stereocenters. The number of amides is 4. The monoisotopic (exact) mass is 454 g/mol. The van der Waals surface area contributed by atoms with Crippen molar-refractivity contribution in [1.82, 2.24) is 4.90 Å². The number of likely N-dealkylation sites (tertiary alicyclic amines) is 1. The molecule has 166 valence electrons. The summed E-state index contributed by atoms with van der Waals surface area (Å²) >= 11 is 0. The largest absolute Gasteiger partial charge is 0.479 e. The molecule has 31 heavy (non-hydrogen) atoms. The first-order valence-electron chi connectivity index (χ1n) is 9.10. The Balaban J connectivity index is 1.88. The number of aliphatic hydroxyl groups is 1. The van der Waals surface area contributed by atoms with Gasteiger partial charge in [-0.05, 0) is 24.1 Å². The summed E-state index contributed by atoms with van der Waals surface area (Å²) in [5, 5.41) is 19.1. The molecule has 0 saturated carbocycles. The van der Waals surface area contributed by atoms with E-state index >= 15 is 0 Å². The van der Waals surface area contributed by atoms with Gasteiger partial charge >= 0.3 is 16.1 Å². The van der Waals surface area contributed by atoms with E-state index in [9.17, 15) is 47.2 Å². The van der Waals surface area contributed by atoms with Crippen molar-refractivity contribution in [1.29, 1.82) is 0 Å². The number of carbonyl (C=O) groups is 5. The Labute approximate surface area is 175 Å². The third-order valence-electron chi connectivity index (χ3n) is 5.24. The summed E-state index contributed by atoms with van der Waals surface area (Å²) in [4.78, 5) is 57.4. The first-order valence-corrected chi connectivity index (χ1v) is 10.5. The van der Waals surface area contributed by atoms with Crippen LogP contribution in [0.2, 0.25) is 0 Å². The predicted molar refractivity (Wildman–Crippen MR) is 101 cm³/mol. The van der Waals surface area contributed by atoms with Gasteiger partial charge in [0, 0.05) is 19.3 Å². The summed E-state index contributed by atoms with van der Waals surface area (Å²) in [6.45, 7) is 0. The number of carboxylic acid groups (broad SMARTS) is 1. The normalized spacial score (nSPS) is 21.7. The van der Waals surface area contributed by atoms with E-state index in [-0.39, 0.29) is 36.3 Å². The molecule has 2 fully saturated rings. The Morgan fingerprint density at radius 2 is 1.58 bits per heavy atom. The van der Waals surface area contributed by atoms with Gasteiger partial charge in [-0.25, -0.2) is 14.6 Å². The maximum absolute atomic E-state index is 12.0. The summed E-state index contributed by atoms with van der Waals surface area (Å²) in [5.74, 6) is -5.51. The number of imide groups is 2. The molecule has 1 aromatic carbocycles. The lowest BCUT2D eigenvalue weighted by atomic mass is 10.0. The van der Waals surface area contributed by atoms with Crippen molar-refractivity contribution in [2.75, 3.05) is 4.90 Å². The van der Waals surface area contributed by atoms with Gasteiger partial charge in [-0.2, -0.15) is 8.42 Å². The van der Waals surface area contributed by atoms with Crippen molar-refractivity contribution in [2.45, 2.75) is 43.1 Å². The Morgan fingerprint density at radius 1 is 1.03 bits per heavy atom. The lowest BCUT2D eigenvalue weighted by molar-refractivity contribution is -0.157. The van der Waals surface area contributed by atoms with Crippen LogP contribution in [0.4, 0.5) is 5.69 Å². The van der Waals surface area contributed by atoms with Gasteiger partial charge < -0.3 is 10.2 Å². The minimum absolute atomic E-state index is 0.0853. The molecule has 0 aromatic heterocycles. The minimum Gasteiger partial charge on any atom is -0.479 e. The highest BCUT2D eigenvalue weighted by Gasteiger charge is 2.60. The van der Waals surface area contributed by atoms with Gasteiger partial charge in [-0.3, -0.25) is 23.7 Å². The molecule has 2 aliphatic heterocycles. The summed E-state index contributed by atoms with van der Waals surface area (Å²) in [6, 6.07) is 5.44. The second kappa shape index (κ2) is 7.83. The number of rotatable bonds is 7. The highest BCUT2D eigenvalue weighted by molar-refractivity contribution is 7.88. The zero-order valence-corrected chi connectivity index (χ0v) is 16.7. The Bertz CT molecular complexity index is 1070. The van der Waals surface area contributed by atoms with E-state index in [0.717, 1.165) is 4.90 Å². The fourth-order valence-corrected chi connectivity index (χ4v) is 4.68. The van der Waals surface area contributed by atoms with E-state index in [4.69, 9.17) is 0 Å². The standard InChI is InChI=1S/C18H18N2O10S/c21-12-9-15(24)19(16(12)25)11-3-1-10(2-4-11)7-8-18(17(26)27,31(28,29)30)20-13(22)5-6-14(20)23/h1-4,12,21H,5-9H2,(H,26,27)(H,28,29,30). The molecule has 0 bridgehead atoms. The molecule has 0 aliphatic carbocycles.